The van der Waals surface area contributed by atoms with Crippen LogP contribution >= 0.6 is 23.1 Å². The van der Waals surface area contributed by atoms with Crippen LogP contribution in [0.5, 0.6) is 11.5 Å². The van der Waals surface area contributed by atoms with E-state index in [2.05, 4.69) is 9.88 Å². The predicted octanol–water partition coefficient (Wildman–Crippen LogP) is 4.03. The van der Waals surface area contributed by atoms with Gasteiger partial charge in [-0.15, -0.1) is 11.3 Å². The van der Waals surface area contributed by atoms with Crippen LogP contribution in [-0.2, 0) is 11.2 Å². The van der Waals surface area contributed by atoms with Crippen LogP contribution in [0.3, 0.4) is 0 Å². The van der Waals surface area contributed by atoms with Gasteiger partial charge < -0.3 is 19.3 Å². The number of aromatic nitrogens is 1. The molecule has 0 saturated carbocycles. The number of rotatable bonds is 9. The lowest BCUT2D eigenvalue weighted by molar-refractivity contribution is -0.130. The zero-order valence-electron chi connectivity index (χ0n) is 19.2. The van der Waals surface area contributed by atoms with E-state index in [4.69, 9.17) is 9.47 Å². The van der Waals surface area contributed by atoms with Gasteiger partial charge in [-0.05, 0) is 36.4 Å². The second kappa shape index (κ2) is 11.4. The summed E-state index contributed by atoms with van der Waals surface area (Å²) in [5.41, 5.74) is 2.46. The number of hydrogen-bond donors (Lipinski definition) is 0. The molecule has 0 spiro atoms. The Labute approximate surface area is 207 Å². The maximum Gasteiger partial charge on any atom is 0.228 e. The van der Waals surface area contributed by atoms with E-state index in [1.807, 2.05) is 34.5 Å². The molecule has 3 aromatic rings. The molecule has 0 bridgehead atoms. The first-order chi connectivity index (χ1) is 16.6. The zero-order valence-corrected chi connectivity index (χ0v) is 20.9. The summed E-state index contributed by atoms with van der Waals surface area (Å²) in [7, 11) is 3.27. The fourth-order valence-electron chi connectivity index (χ4n) is 3.78. The van der Waals surface area contributed by atoms with Gasteiger partial charge in [0.2, 0.25) is 5.91 Å². The summed E-state index contributed by atoms with van der Waals surface area (Å²) < 4.78 is 11.4. The highest BCUT2D eigenvalue weighted by Crippen LogP contribution is 2.29. The normalized spacial score (nSPS) is 13.6. The molecule has 34 heavy (non-hydrogen) atoms. The monoisotopic (exact) mass is 497 g/mol. The van der Waals surface area contributed by atoms with Gasteiger partial charge in [-0.1, -0.05) is 23.9 Å². The molecule has 4 rings (SSSR count). The van der Waals surface area contributed by atoms with Crippen molar-refractivity contribution in [3.8, 4) is 11.5 Å². The highest BCUT2D eigenvalue weighted by Gasteiger charge is 2.23. The summed E-state index contributed by atoms with van der Waals surface area (Å²) in [6.45, 7) is 2.85. The number of Topliss-reactive ketones (excluding diaryl/α,β-unsaturated/α-hetero) is 1. The molecule has 0 aliphatic carbocycles. The summed E-state index contributed by atoms with van der Waals surface area (Å²) in [6.07, 6.45) is 0.276. The van der Waals surface area contributed by atoms with E-state index >= 15 is 0 Å². The molecule has 2 heterocycles. The molecule has 0 atom stereocenters. The lowest BCUT2D eigenvalue weighted by atomic mass is 10.1. The first-order valence-electron chi connectivity index (χ1n) is 11.0. The zero-order chi connectivity index (χ0) is 23.9. The van der Waals surface area contributed by atoms with E-state index in [-0.39, 0.29) is 18.1 Å². The van der Waals surface area contributed by atoms with Gasteiger partial charge in [-0.3, -0.25) is 9.59 Å². The molecule has 0 unspecified atom stereocenters. The van der Waals surface area contributed by atoms with E-state index in [1.165, 1.54) is 23.1 Å². The molecule has 178 valence electrons. The highest BCUT2D eigenvalue weighted by atomic mass is 32.2. The van der Waals surface area contributed by atoms with E-state index in [1.54, 1.807) is 38.5 Å². The summed E-state index contributed by atoms with van der Waals surface area (Å²) in [5.74, 6) is 1.99. The number of carbonyl (C=O) groups is 2. The fraction of sp³-hybridized carbons (Fsp3) is 0.320. The van der Waals surface area contributed by atoms with Crippen molar-refractivity contribution in [1.29, 1.82) is 0 Å². The smallest absolute Gasteiger partial charge is 0.228 e. The minimum Gasteiger partial charge on any atom is -0.497 e. The molecular formula is C25H27N3O4S2. The molecule has 1 aromatic heterocycles. The SMILES string of the molecule is COc1ccc(C(=O)CSc2nc(CC(=O)N3CCN(c4ccccc4OC)CC3)cs2)cc1. The Kier molecular flexibility index (Phi) is 8.08. The highest BCUT2D eigenvalue weighted by molar-refractivity contribution is 8.01. The molecule has 0 N–H and O–H groups in total. The standard InChI is InChI=1S/C25H27N3O4S2/c1-31-20-9-7-18(8-10-20)22(29)17-34-25-26-19(16-33-25)15-24(30)28-13-11-27(12-14-28)21-5-3-4-6-23(21)32-2/h3-10,16H,11-15,17H2,1-2H3. The Morgan fingerprint density at radius 2 is 1.74 bits per heavy atom. The van der Waals surface area contributed by atoms with E-state index in [0.717, 1.165) is 40.3 Å². The summed E-state index contributed by atoms with van der Waals surface area (Å²) in [4.78, 5) is 33.9. The minimum atomic E-state index is 0.0356. The van der Waals surface area contributed by atoms with Crippen LogP contribution < -0.4 is 14.4 Å². The summed E-state index contributed by atoms with van der Waals surface area (Å²) in [6, 6.07) is 15.0. The van der Waals surface area contributed by atoms with Gasteiger partial charge in [0.05, 0.1) is 37.8 Å². The number of amides is 1. The second-order valence-corrected chi connectivity index (χ2v) is 9.84. The number of hydrogen-bond acceptors (Lipinski definition) is 8. The number of methoxy groups -OCH3 is 2. The molecule has 1 fully saturated rings. The lowest BCUT2D eigenvalue weighted by Gasteiger charge is -2.36. The Morgan fingerprint density at radius 3 is 2.44 bits per heavy atom. The van der Waals surface area contributed by atoms with Crippen LogP contribution in [0, 0.1) is 0 Å². The van der Waals surface area contributed by atoms with Gasteiger partial charge in [0.25, 0.3) is 0 Å². The van der Waals surface area contributed by atoms with Crippen LogP contribution in [-0.4, -0.2) is 67.7 Å². The largest absolute Gasteiger partial charge is 0.497 e. The number of benzene rings is 2. The molecule has 1 saturated heterocycles. The molecule has 1 aliphatic heterocycles. The van der Waals surface area contributed by atoms with Crippen molar-refractivity contribution in [1.82, 2.24) is 9.88 Å². The molecule has 9 heteroatoms. The van der Waals surface area contributed by atoms with Crippen LogP contribution in [0.2, 0.25) is 0 Å². The number of para-hydroxylation sites is 2. The Balaban J connectivity index is 1.25. The van der Waals surface area contributed by atoms with Crippen LogP contribution in [0.25, 0.3) is 0 Å². The van der Waals surface area contributed by atoms with Crippen LogP contribution in [0.15, 0.2) is 58.3 Å². The number of ether oxygens (including phenoxy) is 2. The van der Waals surface area contributed by atoms with Crippen molar-refractivity contribution in [2.75, 3.05) is 51.1 Å². The van der Waals surface area contributed by atoms with Gasteiger partial charge in [0.15, 0.2) is 10.1 Å². The van der Waals surface area contributed by atoms with Gasteiger partial charge >= 0.3 is 0 Å². The topological polar surface area (TPSA) is 72.0 Å². The Bertz CT molecular complexity index is 1130. The van der Waals surface area contributed by atoms with E-state index < -0.39 is 0 Å². The van der Waals surface area contributed by atoms with Crippen LogP contribution in [0.1, 0.15) is 16.1 Å². The van der Waals surface area contributed by atoms with Crippen molar-refractivity contribution >= 4 is 40.5 Å². The molecular weight excluding hydrogens is 470 g/mol. The maximum absolute atomic E-state index is 12.8. The summed E-state index contributed by atoms with van der Waals surface area (Å²) >= 11 is 2.87. The first kappa shape index (κ1) is 24.1. The van der Waals surface area contributed by atoms with Gasteiger partial charge in [0, 0.05) is 37.1 Å². The quantitative estimate of drug-likeness (QED) is 0.327. The van der Waals surface area contributed by atoms with Gasteiger partial charge in [0.1, 0.15) is 11.5 Å². The molecule has 7 nitrogen and oxygen atoms in total. The van der Waals surface area contributed by atoms with Crippen molar-refractivity contribution in [3.05, 3.63) is 65.2 Å². The van der Waals surface area contributed by atoms with Gasteiger partial charge in [-0.25, -0.2) is 4.98 Å². The number of carbonyl (C=O) groups excluding carboxylic acids is 2. The minimum absolute atomic E-state index is 0.0356. The van der Waals surface area contributed by atoms with Crippen LogP contribution in [0.4, 0.5) is 5.69 Å². The number of thiazole rings is 1. The average molecular weight is 498 g/mol. The van der Waals surface area contributed by atoms with Crippen molar-refractivity contribution < 1.29 is 19.1 Å². The number of ketones is 1. The number of piperazine rings is 1. The molecule has 0 radical (unpaired) electrons. The summed E-state index contributed by atoms with van der Waals surface area (Å²) in [5, 5.41) is 1.91. The lowest BCUT2D eigenvalue weighted by Crippen LogP contribution is -2.49. The maximum atomic E-state index is 12.8. The third-order valence-corrected chi connectivity index (χ3v) is 7.73. The third kappa shape index (κ3) is 5.90. The van der Waals surface area contributed by atoms with Crippen molar-refractivity contribution in [2.45, 2.75) is 10.8 Å². The van der Waals surface area contributed by atoms with E-state index in [0.29, 0.717) is 24.4 Å². The third-order valence-electron chi connectivity index (χ3n) is 5.66. The predicted molar refractivity (Wildman–Crippen MR) is 136 cm³/mol. The fourth-order valence-corrected chi connectivity index (χ4v) is 5.52. The van der Waals surface area contributed by atoms with Gasteiger partial charge in [-0.2, -0.15) is 0 Å². The average Bonchev–Trinajstić information content (AvgIpc) is 3.34. The molecule has 1 amide bonds. The number of thioether (sulfide) groups is 1. The van der Waals surface area contributed by atoms with Crippen molar-refractivity contribution in [3.63, 3.8) is 0 Å². The number of anilines is 1. The molecule has 2 aromatic carbocycles. The molecule has 1 aliphatic rings. The Hall–Kier alpha value is -3.04. The number of nitrogens with zero attached hydrogens (tertiary/aromatic N) is 3. The Morgan fingerprint density at radius 1 is 1.00 bits per heavy atom. The van der Waals surface area contributed by atoms with Crippen molar-refractivity contribution in [2.24, 2.45) is 0 Å². The first-order valence-corrected chi connectivity index (χ1v) is 12.8. The van der Waals surface area contributed by atoms with E-state index in [9.17, 15) is 9.59 Å². The second-order valence-electron chi connectivity index (χ2n) is 7.76.